The summed E-state index contributed by atoms with van der Waals surface area (Å²) in [6.45, 7) is 3.89. The van der Waals surface area contributed by atoms with Crippen molar-refractivity contribution in [2.75, 3.05) is 4.90 Å². The molecule has 3 unspecified atom stereocenters. The summed E-state index contributed by atoms with van der Waals surface area (Å²) in [5, 5.41) is 9.29. The highest BCUT2D eigenvalue weighted by atomic mass is 16.5. The van der Waals surface area contributed by atoms with Crippen LogP contribution in [0, 0.1) is 5.92 Å². The molecule has 2 fully saturated rings. The lowest BCUT2D eigenvalue weighted by atomic mass is 9.89. The van der Waals surface area contributed by atoms with Gasteiger partial charge in [0.15, 0.2) is 0 Å². The van der Waals surface area contributed by atoms with Gasteiger partial charge in [0.25, 0.3) is 0 Å². The van der Waals surface area contributed by atoms with E-state index in [9.17, 15) is 9.90 Å². The highest BCUT2D eigenvalue weighted by Crippen LogP contribution is 2.44. The Morgan fingerprint density at radius 3 is 2.90 bits per heavy atom. The van der Waals surface area contributed by atoms with Crippen molar-refractivity contribution in [3.63, 3.8) is 0 Å². The number of carbonyl (C=O) groups is 1. The molecule has 2 aliphatic rings. The average Bonchev–Trinajstić information content (AvgIpc) is 2.95. The van der Waals surface area contributed by atoms with Gasteiger partial charge >= 0.3 is 5.97 Å². The molecule has 0 saturated carbocycles. The van der Waals surface area contributed by atoms with Crippen molar-refractivity contribution >= 4 is 11.8 Å². The van der Waals surface area contributed by atoms with Crippen molar-refractivity contribution in [3.8, 4) is 5.88 Å². The standard InChI is InChI=1S/C14H19N3O3/c1-8(2)20-13-6-12(15-7-16-13)17-9-3-4-11(17)10(5-9)14(18)19/h6-11H,3-5H2,1-2H3,(H,18,19). The van der Waals surface area contributed by atoms with Crippen molar-refractivity contribution in [1.82, 2.24) is 9.97 Å². The third-order valence-electron chi connectivity index (χ3n) is 4.10. The molecule has 6 nitrogen and oxygen atoms in total. The fourth-order valence-corrected chi connectivity index (χ4v) is 3.39. The number of anilines is 1. The van der Waals surface area contributed by atoms with Gasteiger partial charge in [0.1, 0.15) is 12.1 Å². The third kappa shape index (κ3) is 2.19. The van der Waals surface area contributed by atoms with Crippen LogP contribution in [0.2, 0.25) is 0 Å². The van der Waals surface area contributed by atoms with Crippen LogP contribution in [0.4, 0.5) is 5.82 Å². The summed E-state index contributed by atoms with van der Waals surface area (Å²) in [4.78, 5) is 21.8. The number of aromatic nitrogens is 2. The van der Waals surface area contributed by atoms with E-state index >= 15 is 0 Å². The maximum atomic E-state index is 11.3. The molecule has 0 spiro atoms. The molecule has 6 heteroatoms. The van der Waals surface area contributed by atoms with Crippen molar-refractivity contribution in [2.24, 2.45) is 5.92 Å². The zero-order valence-corrected chi connectivity index (χ0v) is 11.7. The van der Waals surface area contributed by atoms with Gasteiger partial charge in [-0.25, -0.2) is 9.97 Å². The molecule has 1 aromatic rings. The Balaban J connectivity index is 1.85. The summed E-state index contributed by atoms with van der Waals surface area (Å²) in [6, 6.07) is 2.15. The molecule has 3 rings (SSSR count). The van der Waals surface area contributed by atoms with Crippen molar-refractivity contribution < 1.29 is 14.6 Å². The lowest BCUT2D eigenvalue weighted by molar-refractivity contribution is -0.142. The minimum absolute atomic E-state index is 0.0549. The highest BCUT2D eigenvalue weighted by Gasteiger charge is 2.49. The molecular formula is C14H19N3O3. The minimum Gasteiger partial charge on any atom is -0.481 e. The van der Waals surface area contributed by atoms with Gasteiger partial charge in [-0.15, -0.1) is 0 Å². The summed E-state index contributed by atoms with van der Waals surface area (Å²) in [6.07, 6.45) is 4.22. The summed E-state index contributed by atoms with van der Waals surface area (Å²) in [5.74, 6) is 0.350. The van der Waals surface area contributed by atoms with E-state index in [-0.39, 0.29) is 24.1 Å². The Labute approximate surface area is 117 Å². The topological polar surface area (TPSA) is 75.5 Å². The van der Waals surface area contributed by atoms with Crippen molar-refractivity contribution in [1.29, 1.82) is 0 Å². The molecule has 0 aliphatic carbocycles. The number of fused-ring (bicyclic) bond motifs is 2. The number of rotatable bonds is 4. The van der Waals surface area contributed by atoms with E-state index in [0.717, 1.165) is 18.7 Å². The van der Waals surface area contributed by atoms with Gasteiger partial charge in [0.2, 0.25) is 5.88 Å². The van der Waals surface area contributed by atoms with Crippen molar-refractivity contribution in [3.05, 3.63) is 12.4 Å². The van der Waals surface area contributed by atoms with Crippen LogP contribution in [0.3, 0.4) is 0 Å². The third-order valence-corrected chi connectivity index (χ3v) is 4.10. The van der Waals surface area contributed by atoms with Crippen LogP contribution in [-0.2, 0) is 4.79 Å². The number of aliphatic carboxylic acids is 1. The zero-order chi connectivity index (χ0) is 14.3. The van der Waals surface area contributed by atoms with Gasteiger partial charge in [-0.2, -0.15) is 0 Å². The van der Waals surface area contributed by atoms with Gasteiger partial charge in [-0.3, -0.25) is 4.79 Å². The van der Waals surface area contributed by atoms with Crippen LogP contribution < -0.4 is 9.64 Å². The quantitative estimate of drug-likeness (QED) is 0.903. The number of nitrogens with zero attached hydrogens (tertiary/aromatic N) is 3. The van der Waals surface area contributed by atoms with E-state index in [1.165, 1.54) is 6.33 Å². The Hall–Kier alpha value is -1.85. The average molecular weight is 277 g/mol. The van der Waals surface area contributed by atoms with E-state index in [1.54, 1.807) is 0 Å². The first-order valence-electron chi connectivity index (χ1n) is 7.06. The fraction of sp³-hybridized carbons (Fsp3) is 0.643. The second kappa shape index (κ2) is 4.92. The van der Waals surface area contributed by atoms with Crippen molar-refractivity contribution in [2.45, 2.75) is 51.3 Å². The van der Waals surface area contributed by atoms with Gasteiger partial charge in [0.05, 0.1) is 12.0 Å². The normalized spacial score (nSPS) is 28.1. The molecule has 3 heterocycles. The van der Waals surface area contributed by atoms with Gasteiger partial charge in [-0.05, 0) is 33.1 Å². The lowest BCUT2D eigenvalue weighted by Gasteiger charge is -2.24. The lowest BCUT2D eigenvalue weighted by Crippen LogP contribution is -2.33. The molecule has 20 heavy (non-hydrogen) atoms. The van der Waals surface area contributed by atoms with Gasteiger partial charge < -0.3 is 14.7 Å². The Kier molecular flexibility index (Phi) is 3.23. The Bertz CT molecular complexity index is 520. The van der Waals surface area contributed by atoms with Gasteiger partial charge in [0, 0.05) is 18.2 Å². The molecule has 0 amide bonds. The monoisotopic (exact) mass is 277 g/mol. The largest absolute Gasteiger partial charge is 0.481 e. The number of hydrogen-bond acceptors (Lipinski definition) is 5. The first-order valence-corrected chi connectivity index (χ1v) is 7.06. The summed E-state index contributed by atoms with van der Waals surface area (Å²) >= 11 is 0. The number of carboxylic acid groups (broad SMARTS) is 1. The van der Waals surface area contributed by atoms with E-state index < -0.39 is 5.97 Å². The summed E-state index contributed by atoms with van der Waals surface area (Å²) in [7, 11) is 0. The second-order valence-electron chi connectivity index (χ2n) is 5.77. The van der Waals surface area contributed by atoms with E-state index in [4.69, 9.17) is 4.74 Å². The molecule has 1 N–H and O–H groups in total. The highest BCUT2D eigenvalue weighted by molar-refractivity contribution is 5.73. The van der Waals surface area contributed by atoms with Crippen LogP contribution in [0.1, 0.15) is 33.1 Å². The number of carboxylic acids is 1. The molecular weight excluding hydrogens is 258 g/mol. The van der Waals surface area contributed by atoms with Gasteiger partial charge in [-0.1, -0.05) is 0 Å². The fourth-order valence-electron chi connectivity index (χ4n) is 3.39. The molecule has 0 aromatic carbocycles. The molecule has 108 valence electrons. The number of ether oxygens (including phenoxy) is 1. The molecule has 2 saturated heterocycles. The molecule has 0 radical (unpaired) electrons. The Morgan fingerprint density at radius 2 is 2.25 bits per heavy atom. The van der Waals surface area contributed by atoms with Crippen LogP contribution in [0.15, 0.2) is 12.4 Å². The predicted molar refractivity (Wildman–Crippen MR) is 72.8 cm³/mol. The smallest absolute Gasteiger partial charge is 0.308 e. The molecule has 2 aliphatic heterocycles. The maximum absolute atomic E-state index is 11.3. The van der Waals surface area contributed by atoms with Crippen LogP contribution in [0.25, 0.3) is 0 Å². The number of hydrogen-bond donors (Lipinski definition) is 1. The van der Waals surface area contributed by atoms with E-state index in [1.807, 2.05) is 19.9 Å². The zero-order valence-electron chi connectivity index (χ0n) is 11.7. The first-order chi connectivity index (χ1) is 9.56. The molecule has 1 aromatic heterocycles. The van der Waals surface area contributed by atoms with Crippen LogP contribution >= 0.6 is 0 Å². The Morgan fingerprint density at radius 1 is 1.45 bits per heavy atom. The SMILES string of the molecule is CC(C)Oc1cc(N2C3CCC2C(C(=O)O)C3)ncn1. The maximum Gasteiger partial charge on any atom is 0.308 e. The van der Waals surface area contributed by atoms with Crippen LogP contribution in [-0.4, -0.2) is 39.2 Å². The second-order valence-corrected chi connectivity index (χ2v) is 5.77. The van der Waals surface area contributed by atoms with Crippen LogP contribution in [0.5, 0.6) is 5.88 Å². The first kappa shape index (κ1) is 13.1. The minimum atomic E-state index is -0.699. The van der Waals surface area contributed by atoms with E-state index in [2.05, 4.69) is 14.9 Å². The van der Waals surface area contributed by atoms with E-state index in [0.29, 0.717) is 12.3 Å². The summed E-state index contributed by atoms with van der Waals surface area (Å²) < 4.78 is 5.59. The molecule has 2 bridgehead atoms. The summed E-state index contributed by atoms with van der Waals surface area (Å²) in [5.41, 5.74) is 0. The molecule has 3 atom stereocenters. The predicted octanol–water partition coefficient (Wildman–Crippen LogP) is 1.71.